The van der Waals surface area contributed by atoms with E-state index in [1.807, 2.05) is 31.3 Å². The molecule has 0 saturated carbocycles. The van der Waals surface area contributed by atoms with Crippen LogP contribution in [0.5, 0.6) is 0 Å². The fourth-order valence-electron chi connectivity index (χ4n) is 2.18. The van der Waals surface area contributed by atoms with Crippen LogP contribution < -0.4 is 5.73 Å². The zero-order chi connectivity index (χ0) is 13.0. The normalized spacial score (nSPS) is 14.9. The smallest absolute Gasteiger partial charge is 0.122 e. The first-order chi connectivity index (χ1) is 8.72. The molecular weight excluding hydrogens is 228 g/mol. The van der Waals surface area contributed by atoms with Gasteiger partial charge in [0.05, 0.1) is 25.1 Å². The predicted molar refractivity (Wildman–Crippen MR) is 69.9 cm³/mol. The first kappa shape index (κ1) is 12.9. The van der Waals surface area contributed by atoms with Crippen molar-refractivity contribution in [3.63, 3.8) is 0 Å². The number of hydrogen-bond donors (Lipinski definition) is 1. The molecule has 2 atom stereocenters. The first-order valence-corrected chi connectivity index (χ1v) is 6.24. The van der Waals surface area contributed by atoms with Crippen molar-refractivity contribution < 1.29 is 8.83 Å². The van der Waals surface area contributed by atoms with Gasteiger partial charge in [0, 0.05) is 6.04 Å². The third-order valence-corrected chi connectivity index (χ3v) is 3.17. The lowest BCUT2D eigenvalue weighted by atomic mass is 10.0. The van der Waals surface area contributed by atoms with Crippen LogP contribution in [0.4, 0.5) is 0 Å². The molecule has 98 valence electrons. The highest BCUT2D eigenvalue weighted by atomic mass is 16.3. The number of likely N-dealkylation sites (N-methyl/N-ethyl adjacent to an activating group) is 1. The Morgan fingerprint density at radius 3 is 2.50 bits per heavy atom. The standard InChI is InChI=1S/C14H20N2O2/c1-3-12(15)14(13-7-5-9-18-13)16(2)10-11-6-4-8-17-11/h4-9,12,14H,3,10,15H2,1-2H3. The second-order valence-electron chi connectivity index (χ2n) is 4.53. The van der Waals surface area contributed by atoms with E-state index >= 15 is 0 Å². The molecule has 4 heteroatoms. The SMILES string of the molecule is CCC(N)C(c1ccco1)N(C)Cc1ccco1. The molecule has 0 fully saturated rings. The number of rotatable bonds is 6. The number of hydrogen-bond acceptors (Lipinski definition) is 4. The Balaban J connectivity index is 2.13. The minimum absolute atomic E-state index is 0.0381. The fraction of sp³-hybridized carbons (Fsp3) is 0.429. The molecule has 2 aromatic heterocycles. The van der Waals surface area contributed by atoms with E-state index in [9.17, 15) is 0 Å². The quantitative estimate of drug-likeness (QED) is 0.854. The van der Waals surface area contributed by atoms with Crippen LogP contribution in [0.15, 0.2) is 45.6 Å². The van der Waals surface area contributed by atoms with E-state index < -0.39 is 0 Å². The van der Waals surface area contributed by atoms with Gasteiger partial charge < -0.3 is 14.6 Å². The van der Waals surface area contributed by atoms with Crippen LogP contribution in [-0.2, 0) is 6.54 Å². The van der Waals surface area contributed by atoms with E-state index in [2.05, 4.69) is 11.8 Å². The summed E-state index contributed by atoms with van der Waals surface area (Å²) in [6, 6.07) is 7.83. The van der Waals surface area contributed by atoms with Gasteiger partial charge in [-0.2, -0.15) is 0 Å². The molecule has 0 aliphatic carbocycles. The molecule has 0 spiro atoms. The van der Waals surface area contributed by atoms with Crippen molar-refractivity contribution in [3.8, 4) is 0 Å². The Kier molecular flexibility index (Phi) is 4.23. The van der Waals surface area contributed by atoms with Crippen molar-refractivity contribution in [3.05, 3.63) is 48.3 Å². The van der Waals surface area contributed by atoms with Gasteiger partial charge in [-0.05, 0) is 37.7 Å². The maximum atomic E-state index is 6.21. The van der Waals surface area contributed by atoms with Crippen molar-refractivity contribution in [2.75, 3.05) is 7.05 Å². The third-order valence-electron chi connectivity index (χ3n) is 3.17. The van der Waals surface area contributed by atoms with Crippen molar-refractivity contribution in [2.45, 2.75) is 32.0 Å². The highest BCUT2D eigenvalue weighted by Crippen LogP contribution is 2.25. The average molecular weight is 248 g/mol. The van der Waals surface area contributed by atoms with Crippen molar-refractivity contribution >= 4 is 0 Å². The number of nitrogens with two attached hydrogens (primary N) is 1. The summed E-state index contributed by atoms with van der Waals surface area (Å²) in [7, 11) is 2.03. The van der Waals surface area contributed by atoms with Crippen molar-refractivity contribution in [2.24, 2.45) is 5.73 Å². The maximum absolute atomic E-state index is 6.21. The molecule has 2 unspecified atom stereocenters. The third kappa shape index (κ3) is 2.83. The zero-order valence-corrected chi connectivity index (χ0v) is 10.9. The lowest BCUT2D eigenvalue weighted by Gasteiger charge is -2.30. The Morgan fingerprint density at radius 2 is 1.94 bits per heavy atom. The molecule has 2 N–H and O–H groups in total. The van der Waals surface area contributed by atoms with Crippen LogP contribution in [-0.4, -0.2) is 18.0 Å². The van der Waals surface area contributed by atoms with Crippen LogP contribution in [0.25, 0.3) is 0 Å². The molecule has 4 nitrogen and oxygen atoms in total. The number of furan rings is 2. The van der Waals surface area contributed by atoms with Crippen molar-refractivity contribution in [1.82, 2.24) is 4.90 Å². The lowest BCUT2D eigenvalue weighted by Crippen LogP contribution is -2.38. The summed E-state index contributed by atoms with van der Waals surface area (Å²) in [5.74, 6) is 1.83. The van der Waals surface area contributed by atoms with Gasteiger partial charge in [0.15, 0.2) is 0 Å². The minimum atomic E-state index is 0.0381. The first-order valence-electron chi connectivity index (χ1n) is 6.24. The van der Waals surface area contributed by atoms with E-state index in [0.29, 0.717) is 6.54 Å². The Labute approximate surface area is 107 Å². The van der Waals surface area contributed by atoms with Gasteiger partial charge >= 0.3 is 0 Å². The highest BCUT2D eigenvalue weighted by Gasteiger charge is 2.25. The molecule has 2 heterocycles. The highest BCUT2D eigenvalue weighted by molar-refractivity contribution is 5.08. The summed E-state index contributed by atoms with van der Waals surface area (Å²) in [4.78, 5) is 2.16. The van der Waals surface area contributed by atoms with Crippen LogP contribution in [0, 0.1) is 0 Å². The average Bonchev–Trinajstić information content (AvgIpc) is 3.02. The Hall–Kier alpha value is -1.52. The fourth-order valence-corrected chi connectivity index (χ4v) is 2.18. The second kappa shape index (κ2) is 5.89. The molecule has 2 aromatic rings. The molecule has 0 aliphatic rings. The molecule has 0 aliphatic heterocycles. The van der Waals surface area contributed by atoms with Gasteiger partial charge in [0.25, 0.3) is 0 Å². The summed E-state index contributed by atoms with van der Waals surface area (Å²) < 4.78 is 10.9. The van der Waals surface area contributed by atoms with E-state index in [1.54, 1.807) is 12.5 Å². The van der Waals surface area contributed by atoms with Gasteiger partial charge in [0.2, 0.25) is 0 Å². The second-order valence-corrected chi connectivity index (χ2v) is 4.53. The van der Waals surface area contributed by atoms with E-state index in [-0.39, 0.29) is 12.1 Å². The molecule has 0 radical (unpaired) electrons. The summed E-state index contributed by atoms with van der Waals surface area (Å²) in [5, 5.41) is 0. The Bertz CT molecular complexity index is 436. The molecule has 18 heavy (non-hydrogen) atoms. The molecule has 0 bridgehead atoms. The van der Waals surface area contributed by atoms with Crippen LogP contribution in [0.2, 0.25) is 0 Å². The molecule has 0 aromatic carbocycles. The Morgan fingerprint density at radius 1 is 1.22 bits per heavy atom. The van der Waals surface area contributed by atoms with E-state index in [1.165, 1.54) is 0 Å². The lowest BCUT2D eigenvalue weighted by molar-refractivity contribution is 0.165. The van der Waals surface area contributed by atoms with Gasteiger partial charge in [-0.15, -0.1) is 0 Å². The largest absolute Gasteiger partial charge is 0.468 e. The summed E-state index contributed by atoms with van der Waals surface area (Å²) in [5.41, 5.74) is 6.21. The van der Waals surface area contributed by atoms with Crippen LogP contribution in [0.3, 0.4) is 0 Å². The predicted octanol–water partition coefficient (Wildman–Crippen LogP) is 2.78. The summed E-state index contributed by atoms with van der Waals surface area (Å²) >= 11 is 0. The van der Waals surface area contributed by atoms with Gasteiger partial charge in [-0.1, -0.05) is 6.92 Å². The molecule has 0 saturated heterocycles. The van der Waals surface area contributed by atoms with Crippen LogP contribution in [0.1, 0.15) is 30.9 Å². The minimum Gasteiger partial charge on any atom is -0.468 e. The van der Waals surface area contributed by atoms with E-state index in [0.717, 1.165) is 17.9 Å². The zero-order valence-electron chi connectivity index (χ0n) is 10.9. The maximum Gasteiger partial charge on any atom is 0.122 e. The monoisotopic (exact) mass is 248 g/mol. The van der Waals surface area contributed by atoms with Gasteiger partial charge in [-0.3, -0.25) is 4.90 Å². The summed E-state index contributed by atoms with van der Waals surface area (Å²) in [6.45, 7) is 2.80. The summed E-state index contributed by atoms with van der Waals surface area (Å²) in [6.07, 6.45) is 4.27. The topological polar surface area (TPSA) is 55.5 Å². The number of nitrogens with zero attached hydrogens (tertiary/aromatic N) is 1. The van der Waals surface area contributed by atoms with Gasteiger partial charge in [0.1, 0.15) is 11.5 Å². The van der Waals surface area contributed by atoms with Crippen LogP contribution >= 0.6 is 0 Å². The van der Waals surface area contributed by atoms with E-state index in [4.69, 9.17) is 14.6 Å². The van der Waals surface area contributed by atoms with Crippen molar-refractivity contribution in [1.29, 1.82) is 0 Å². The molecular formula is C14H20N2O2. The molecule has 2 rings (SSSR count). The van der Waals surface area contributed by atoms with Gasteiger partial charge in [-0.25, -0.2) is 0 Å². The molecule has 0 amide bonds.